The van der Waals surface area contributed by atoms with Crippen LogP contribution in [-0.2, 0) is 12.3 Å². The number of halogens is 5. The molecule has 0 aliphatic heterocycles. The van der Waals surface area contributed by atoms with Gasteiger partial charge in [-0.15, -0.1) is 11.6 Å². The lowest BCUT2D eigenvalue weighted by Crippen LogP contribution is -2.34. The number of aromatic nitrogens is 1. The minimum Gasteiger partial charge on any atom is -0.471 e. The number of ether oxygens (including phenoxy) is 1. The van der Waals surface area contributed by atoms with Crippen LogP contribution in [0.2, 0.25) is 0 Å². The van der Waals surface area contributed by atoms with Crippen molar-refractivity contribution in [3.63, 3.8) is 0 Å². The van der Waals surface area contributed by atoms with Gasteiger partial charge in [-0.25, -0.2) is 13.8 Å². The summed E-state index contributed by atoms with van der Waals surface area (Å²) in [6.07, 6.45) is -3.20. The fraction of sp³-hybridized carbons (Fsp3) is 0.545. The SMILES string of the molecule is CCc1cc(CCl)cc(OCC(F)(F)C(F)F)n1. The molecule has 1 rings (SSSR count). The second-order valence-corrected chi connectivity index (χ2v) is 3.91. The van der Waals surface area contributed by atoms with E-state index in [0.29, 0.717) is 17.7 Å². The zero-order chi connectivity index (χ0) is 13.8. The van der Waals surface area contributed by atoms with Crippen LogP contribution in [0.5, 0.6) is 5.88 Å². The number of hydrogen-bond acceptors (Lipinski definition) is 2. The second kappa shape index (κ2) is 6.22. The summed E-state index contributed by atoms with van der Waals surface area (Å²) in [5.41, 5.74) is 1.24. The molecule has 0 spiro atoms. The average Bonchev–Trinajstić information content (AvgIpc) is 2.35. The Morgan fingerprint density at radius 3 is 2.56 bits per heavy atom. The maximum Gasteiger partial charge on any atom is 0.340 e. The molecule has 1 aromatic heterocycles. The van der Waals surface area contributed by atoms with Crippen molar-refractivity contribution in [2.24, 2.45) is 0 Å². The van der Waals surface area contributed by atoms with E-state index < -0.39 is 19.0 Å². The summed E-state index contributed by atoms with van der Waals surface area (Å²) in [4.78, 5) is 3.90. The van der Waals surface area contributed by atoms with Gasteiger partial charge in [0, 0.05) is 17.6 Å². The fourth-order valence-corrected chi connectivity index (χ4v) is 1.34. The summed E-state index contributed by atoms with van der Waals surface area (Å²) in [5.74, 6) is -4.15. The van der Waals surface area contributed by atoms with E-state index >= 15 is 0 Å². The lowest BCUT2D eigenvalue weighted by atomic mass is 10.2. The maximum atomic E-state index is 12.7. The lowest BCUT2D eigenvalue weighted by Gasteiger charge is -2.16. The molecule has 0 unspecified atom stereocenters. The van der Waals surface area contributed by atoms with Gasteiger partial charge in [-0.05, 0) is 18.1 Å². The lowest BCUT2D eigenvalue weighted by molar-refractivity contribution is -0.148. The number of hydrogen-bond donors (Lipinski definition) is 0. The van der Waals surface area contributed by atoms with Gasteiger partial charge in [0.25, 0.3) is 0 Å². The van der Waals surface area contributed by atoms with Crippen LogP contribution in [0.4, 0.5) is 17.6 Å². The van der Waals surface area contributed by atoms with Crippen molar-refractivity contribution in [2.75, 3.05) is 6.61 Å². The van der Waals surface area contributed by atoms with Gasteiger partial charge < -0.3 is 4.74 Å². The standard InChI is InChI=1S/C11H12ClF4NO/c1-2-8-3-7(5-12)4-9(17-8)18-6-11(15,16)10(13)14/h3-4,10H,2,5-6H2,1H3. The van der Waals surface area contributed by atoms with Crippen LogP contribution in [0, 0.1) is 0 Å². The first-order valence-electron chi connectivity index (χ1n) is 5.23. The summed E-state index contributed by atoms with van der Waals surface area (Å²) in [7, 11) is 0. The highest BCUT2D eigenvalue weighted by molar-refractivity contribution is 6.17. The highest BCUT2D eigenvalue weighted by Crippen LogP contribution is 2.24. The van der Waals surface area contributed by atoms with Crippen LogP contribution >= 0.6 is 11.6 Å². The van der Waals surface area contributed by atoms with Crippen molar-refractivity contribution in [1.29, 1.82) is 0 Å². The molecule has 0 aliphatic carbocycles. The van der Waals surface area contributed by atoms with Gasteiger partial charge in [0.1, 0.15) is 0 Å². The number of pyridine rings is 1. The van der Waals surface area contributed by atoms with Gasteiger partial charge in [0.05, 0.1) is 0 Å². The second-order valence-electron chi connectivity index (χ2n) is 3.64. The molecule has 0 radical (unpaired) electrons. The smallest absolute Gasteiger partial charge is 0.340 e. The summed E-state index contributed by atoms with van der Waals surface area (Å²) in [6.45, 7) is 0.407. The van der Waals surface area contributed by atoms with Gasteiger partial charge in [0.15, 0.2) is 6.61 Å². The van der Waals surface area contributed by atoms with Crippen LogP contribution in [0.1, 0.15) is 18.2 Å². The molecule has 1 aromatic rings. The van der Waals surface area contributed by atoms with Gasteiger partial charge in [-0.1, -0.05) is 6.92 Å². The van der Waals surface area contributed by atoms with Crippen LogP contribution in [-0.4, -0.2) is 23.9 Å². The van der Waals surface area contributed by atoms with Crippen molar-refractivity contribution in [2.45, 2.75) is 31.6 Å². The van der Waals surface area contributed by atoms with Crippen LogP contribution in [0.3, 0.4) is 0 Å². The van der Waals surface area contributed by atoms with Gasteiger partial charge >= 0.3 is 12.3 Å². The first-order chi connectivity index (χ1) is 8.39. The Morgan fingerprint density at radius 2 is 2.06 bits per heavy atom. The van der Waals surface area contributed by atoms with Gasteiger partial charge in [0.2, 0.25) is 5.88 Å². The number of rotatable bonds is 6. The highest BCUT2D eigenvalue weighted by atomic mass is 35.5. The van der Waals surface area contributed by atoms with Crippen molar-refractivity contribution in [1.82, 2.24) is 4.98 Å². The third kappa shape index (κ3) is 4.01. The zero-order valence-electron chi connectivity index (χ0n) is 9.60. The third-order valence-corrected chi connectivity index (χ3v) is 2.47. The summed E-state index contributed by atoms with van der Waals surface area (Å²) in [6, 6.07) is 3.05. The van der Waals surface area contributed by atoms with E-state index in [0.717, 1.165) is 0 Å². The minimum absolute atomic E-state index is 0.120. The molecule has 0 saturated heterocycles. The Balaban J connectivity index is 2.78. The quantitative estimate of drug-likeness (QED) is 0.588. The minimum atomic E-state index is -4.19. The molecular weight excluding hydrogens is 274 g/mol. The zero-order valence-corrected chi connectivity index (χ0v) is 10.4. The van der Waals surface area contributed by atoms with E-state index in [4.69, 9.17) is 11.6 Å². The van der Waals surface area contributed by atoms with E-state index in [2.05, 4.69) is 9.72 Å². The molecule has 2 nitrogen and oxygen atoms in total. The van der Waals surface area contributed by atoms with Crippen LogP contribution < -0.4 is 4.74 Å². The highest BCUT2D eigenvalue weighted by Gasteiger charge is 2.41. The first-order valence-corrected chi connectivity index (χ1v) is 5.77. The van der Waals surface area contributed by atoms with Crippen molar-refractivity contribution in [3.8, 4) is 5.88 Å². The normalized spacial score (nSPS) is 11.9. The largest absolute Gasteiger partial charge is 0.471 e. The van der Waals surface area contributed by atoms with E-state index in [1.165, 1.54) is 6.07 Å². The number of alkyl halides is 5. The van der Waals surface area contributed by atoms with Gasteiger partial charge in [-0.3, -0.25) is 0 Å². The van der Waals surface area contributed by atoms with E-state index in [-0.39, 0.29) is 11.8 Å². The molecular formula is C11H12ClF4NO. The monoisotopic (exact) mass is 285 g/mol. The molecule has 0 atom stereocenters. The summed E-state index contributed by atoms with van der Waals surface area (Å²) >= 11 is 5.62. The van der Waals surface area contributed by atoms with Crippen molar-refractivity contribution in [3.05, 3.63) is 23.4 Å². The van der Waals surface area contributed by atoms with E-state index in [9.17, 15) is 17.6 Å². The van der Waals surface area contributed by atoms with Crippen molar-refractivity contribution < 1.29 is 22.3 Å². The molecule has 0 amide bonds. The Morgan fingerprint density at radius 1 is 1.39 bits per heavy atom. The number of aryl methyl sites for hydroxylation is 1. The number of nitrogens with zero attached hydrogens (tertiary/aromatic N) is 1. The van der Waals surface area contributed by atoms with Crippen LogP contribution in [0.15, 0.2) is 12.1 Å². The molecule has 0 bridgehead atoms. The Kier molecular flexibility index (Phi) is 5.19. The van der Waals surface area contributed by atoms with Crippen molar-refractivity contribution >= 4 is 11.6 Å². The molecule has 1 heterocycles. The Hall–Kier alpha value is -1.04. The molecule has 0 aliphatic rings. The topological polar surface area (TPSA) is 22.1 Å². The molecule has 0 aromatic carbocycles. The predicted octanol–water partition coefficient (Wildman–Crippen LogP) is 3.66. The Labute approximate surface area is 107 Å². The molecule has 102 valence electrons. The first kappa shape index (κ1) is 15.0. The van der Waals surface area contributed by atoms with Gasteiger partial charge in [-0.2, -0.15) is 8.78 Å². The average molecular weight is 286 g/mol. The maximum absolute atomic E-state index is 12.7. The molecule has 7 heteroatoms. The third-order valence-electron chi connectivity index (χ3n) is 2.16. The summed E-state index contributed by atoms with van der Waals surface area (Å²) < 4.78 is 53.8. The van der Waals surface area contributed by atoms with E-state index in [1.54, 1.807) is 6.07 Å². The Bertz CT molecular complexity index is 378. The summed E-state index contributed by atoms with van der Waals surface area (Å²) in [5, 5.41) is 0. The molecule has 0 fully saturated rings. The molecule has 0 N–H and O–H groups in total. The molecule has 0 saturated carbocycles. The van der Waals surface area contributed by atoms with Crippen LogP contribution in [0.25, 0.3) is 0 Å². The fourth-order valence-electron chi connectivity index (χ4n) is 1.19. The molecule has 18 heavy (non-hydrogen) atoms. The van der Waals surface area contributed by atoms with E-state index in [1.807, 2.05) is 6.92 Å². The predicted molar refractivity (Wildman–Crippen MR) is 59.6 cm³/mol.